The molecule has 0 bridgehead atoms. The first-order valence-corrected chi connectivity index (χ1v) is 14.4. The van der Waals surface area contributed by atoms with Crippen molar-refractivity contribution < 1.29 is 4.79 Å². The van der Waals surface area contributed by atoms with Gasteiger partial charge in [0.1, 0.15) is 0 Å². The zero-order chi connectivity index (χ0) is 30.1. The topological polar surface area (TPSA) is 69.9 Å². The van der Waals surface area contributed by atoms with E-state index in [2.05, 4.69) is 53.0 Å². The summed E-state index contributed by atoms with van der Waals surface area (Å²) in [7, 11) is 5.27. The number of amides is 1. The van der Waals surface area contributed by atoms with Crippen LogP contribution in [0, 0.1) is 6.92 Å². The molecule has 0 unspecified atom stereocenters. The van der Waals surface area contributed by atoms with E-state index in [9.17, 15) is 9.59 Å². The van der Waals surface area contributed by atoms with E-state index in [1.165, 1.54) is 16.7 Å². The number of pyridine rings is 1. The minimum absolute atomic E-state index is 0.0106. The average molecular weight is 556 g/mol. The number of carbonyl (C=O) groups is 1. The second-order valence-electron chi connectivity index (χ2n) is 10.5. The summed E-state index contributed by atoms with van der Waals surface area (Å²) in [4.78, 5) is 33.7. The summed E-state index contributed by atoms with van der Waals surface area (Å²) < 4.78 is 1.68. The summed E-state index contributed by atoms with van der Waals surface area (Å²) in [5, 5.41) is 3.27. The third kappa shape index (κ3) is 7.61. The highest BCUT2D eigenvalue weighted by atomic mass is 16.2. The lowest BCUT2D eigenvalue weighted by atomic mass is 9.95. The molecule has 2 aliphatic heterocycles. The number of benzene rings is 1. The van der Waals surface area contributed by atoms with Gasteiger partial charge in [0.25, 0.3) is 11.5 Å². The lowest BCUT2D eigenvalue weighted by molar-refractivity contribution is 0.0827. The Hall–Kier alpha value is -3.97. The van der Waals surface area contributed by atoms with Crippen molar-refractivity contribution in [1.29, 1.82) is 0 Å². The van der Waals surface area contributed by atoms with Gasteiger partial charge in [-0.25, -0.2) is 0 Å². The number of allylic oxidation sites excluding steroid dienone is 4. The molecule has 7 heteroatoms. The SMILES string of the molecule is C=C(/C=C(\C)CN1CC=C(c2ccc(C(=O)N(C)C)c(C)c2)CC1)/C(=C\C=NC)n1ccc2c(c1=O)CCN2.CC. The van der Waals surface area contributed by atoms with E-state index in [-0.39, 0.29) is 11.5 Å². The predicted molar refractivity (Wildman–Crippen MR) is 174 cm³/mol. The minimum atomic E-state index is -0.0106. The molecule has 7 nitrogen and oxygen atoms in total. The second kappa shape index (κ2) is 14.6. The van der Waals surface area contributed by atoms with Crippen molar-refractivity contribution in [2.45, 2.75) is 40.5 Å². The van der Waals surface area contributed by atoms with Crippen molar-refractivity contribution in [3.8, 4) is 0 Å². The summed E-state index contributed by atoms with van der Waals surface area (Å²) in [6, 6.07) is 8.08. The third-order valence-electron chi connectivity index (χ3n) is 7.27. The van der Waals surface area contributed by atoms with Crippen molar-refractivity contribution in [2.24, 2.45) is 4.99 Å². The van der Waals surface area contributed by atoms with Gasteiger partial charge < -0.3 is 10.2 Å². The average Bonchev–Trinajstić information content (AvgIpc) is 3.45. The summed E-state index contributed by atoms with van der Waals surface area (Å²) in [6.45, 7) is 15.8. The molecule has 218 valence electrons. The van der Waals surface area contributed by atoms with Gasteiger partial charge in [-0.2, -0.15) is 0 Å². The van der Waals surface area contributed by atoms with E-state index >= 15 is 0 Å². The zero-order valence-electron chi connectivity index (χ0n) is 25.8. The van der Waals surface area contributed by atoms with Gasteiger partial charge in [0.2, 0.25) is 0 Å². The number of fused-ring (bicyclic) bond motifs is 1. The van der Waals surface area contributed by atoms with Crippen LogP contribution < -0.4 is 10.9 Å². The molecule has 1 amide bonds. The van der Waals surface area contributed by atoms with Gasteiger partial charge in [0.15, 0.2) is 0 Å². The Balaban J connectivity index is 0.00000226. The van der Waals surface area contributed by atoms with Gasteiger partial charge in [-0.05, 0) is 67.2 Å². The number of hydrogen-bond acceptors (Lipinski definition) is 5. The molecule has 3 heterocycles. The van der Waals surface area contributed by atoms with E-state index < -0.39 is 0 Å². The number of nitrogens with one attached hydrogen (secondary N) is 1. The van der Waals surface area contributed by atoms with Crippen LogP contribution in [0.15, 0.2) is 76.2 Å². The van der Waals surface area contributed by atoms with E-state index in [0.29, 0.717) is 0 Å². The van der Waals surface area contributed by atoms with Crippen molar-refractivity contribution in [1.82, 2.24) is 14.4 Å². The highest BCUT2D eigenvalue weighted by molar-refractivity contribution is 5.95. The minimum Gasteiger partial charge on any atom is -0.384 e. The van der Waals surface area contributed by atoms with E-state index in [4.69, 9.17) is 0 Å². The molecule has 0 spiro atoms. The largest absolute Gasteiger partial charge is 0.384 e. The molecule has 1 N–H and O–H groups in total. The van der Waals surface area contributed by atoms with Crippen LogP contribution in [0.4, 0.5) is 5.69 Å². The first-order valence-electron chi connectivity index (χ1n) is 14.4. The monoisotopic (exact) mass is 555 g/mol. The van der Waals surface area contributed by atoms with Crippen LogP contribution in [-0.4, -0.2) is 73.8 Å². The number of hydrogen-bond donors (Lipinski definition) is 1. The quantitative estimate of drug-likeness (QED) is 0.336. The molecule has 0 saturated heterocycles. The van der Waals surface area contributed by atoms with Gasteiger partial charge in [-0.3, -0.25) is 24.0 Å². The number of nitrogens with zero attached hydrogens (tertiary/aromatic N) is 4. The lowest BCUT2D eigenvalue weighted by Gasteiger charge is -2.27. The van der Waals surface area contributed by atoms with Crippen LogP contribution in [-0.2, 0) is 6.42 Å². The first kappa shape index (κ1) is 31.6. The normalized spacial score (nSPS) is 15.5. The fourth-order valence-corrected chi connectivity index (χ4v) is 5.22. The molecule has 2 aromatic rings. The van der Waals surface area contributed by atoms with Gasteiger partial charge >= 0.3 is 0 Å². The Bertz CT molecular complexity index is 1460. The Morgan fingerprint density at radius 2 is 1.95 bits per heavy atom. The van der Waals surface area contributed by atoms with Crippen LogP contribution in [0.2, 0.25) is 0 Å². The maximum atomic E-state index is 13.2. The maximum Gasteiger partial charge on any atom is 0.260 e. The zero-order valence-corrected chi connectivity index (χ0v) is 25.8. The smallest absolute Gasteiger partial charge is 0.260 e. The van der Waals surface area contributed by atoms with Gasteiger partial charge in [-0.15, -0.1) is 0 Å². The molecule has 0 aliphatic carbocycles. The Morgan fingerprint density at radius 1 is 1.20 bits per heavy atom. The fraction of sp³-hybridized carbons (Fsp3) is 0.382. The maximum absolute atomic E-state index is 13.2. The number of rotatable bonds is 8. The molecule has 0 atom stereocenters. The molecule has 2 aliphatic rings. The predicted octanol–water partition coefficient (Wildman–Crippen LogP) is 5.69. The van der Waals surface area contributed by atoms with Crippen LogP contribution in [0.1, 0.15) is 54.2 Å². The molecule has 0 fully saturated rings. The molecule has 41 heavy (non-hydrogen) atoms. The summed E-state index contributed by atoms with van der Waals surface area (Å²) >= 11 is 0. The van der Waals surface area contributed by atoms with Crippen LogP contribution in [0.25, 0.3) is 11.3 Å². The molecular weight excluding hydrogens is 510 g/mol. The molecule has 0 radical (unpaired) electrons. The van der Waals surface area contributed by atoms with E-state index in [0.717, 1.165) is 72.7 Å². The summed E-state index contributed by atoms with van der Waals surface area (Å²) in [5.41, 5.74) is 8.66. The first-order chi connectivity index (χ1) is 19.7. The van der Waals surface area contributed by atoms with E-state index in [1.54, 1.807) is 36.8 Å². The molecule has 4 rings (SSSR count). The van der Waals surface area contributed by atoms with Gasteiger partial charge in [0.05, 0.1) is 5.70 Å². The van der Waals surface area contributed by atoms with Crippen molar-refractivity contribution in [3.63, 3.8) is 0 Å². The molecule has 1 aromatic carbocycles. The highest BCUT2D eigenvalue weighted by Crippen LogP contribution is 2.26. The number of aliphatic imine (C=N–C) groups is 1. The lowest BCUT2D eigenvalue weighted by Crippen LogP contribution is -2.30. The number of carbonyl (C=O) groups excluding carboxylic acids is 1. The highest BCUT2D eigenvalue weighted by Gasteiger charge is 2.19. The van der Waals surface area contributed by atoms with Crippen LogP contribution in [0.5, 0.6) is 0 Å². The summed E-state index contributed by atoms with van der Waals surface area (Å²) in [6.07, 6.45) is 11.4. The Labute approximate surface area is 245 Å². The second-order valence-corrected chi connectivity index (χ2v) is 10.5. The third-order valence-corrected chi connectivity index (χ3v) is 7.27. The standard InChI is InChI=1S/C32H39N5O2.C2H6/c1-22(19-24(3)30(10-14-33-4)37-18-13-29-28(32(37)39)9-15-34-29)21-36-16-11-25(12-17-36)26-7-8-27(23(2)20-26)31(38)35(5)6;1-2/h7-8,10-11,13-14,18-20,34H,3,9,12,15-17,21H2,1-2,4-6H3;1-2H3/b22-19+,30-10+,33-14?;. The number of aryl methyl sites for hydroxylation is 1. The fourth-order valence-electron chi connectivity index (χ4n) is 5.22. The van der Waals surface area contributed by atoms with Crippen LogP contribution >= 0.6 is 0 Å². The number of aromatic nitrogens is 1. The molecule has 0 saturated carbocycles. The number of anilines is 1. The van der Waals surface area contributed by atoms with Gasteiger partial charge in [-0.1, -0.05) is 50.3 Å². The summed E-state index contributed by atoms with van der Waals surface area (Å²) in [5.74, 6) is 0.0322. The van der Waals surface area contributed by atoms with E-state index in [1.807, 2.05) is 45.2 Å². The van der Waals surface area contributed by atoms with Crippen molar-refractivity contribution in [2.75, 3.05) is 52.6 Å². The Kier molecular flexibility index (Phi) is 11.2. The van der Waals surface area contributed by atoms with Crippen molar-refractivity contribution >= 4 is 29.1 Å². The van der Waals surface area contributed by atoms with Gasteiger partial charge in [0, 0.05) is 76.5 Å². The Morgan fingerprint density at radius 3 is 2.59 bits per heavy atom. The van der Waals surface area contributed by atoms with Crippen LogP contribution in [0.3, 0.4) is 0 Å². The van der Waals surface area contributed by atoms with Crippen molar-refractivity contribution in [3.05, 3.63) is 99.0 Å². The molecular formula is C34H45N5O2. The molecule has 1 aromatic heterocycles.